The summed E-state index contributed by atoms with van der Waals surface area (Å²) in [7, 11) is 0. The number of rotatable bonds is 2. The summed E-state index contributed by atoms with van der Waals surface area (Å²) in [5, 5.41) is 0. The van der Waals surface area contributed by atoms with Gasteiger partial charge >= 0.3 is 0 Å². The van der Waals surface area contributed by atoms with Crippen LogP contribution in [-0.2, 0) is 0 Å². The van der Waals surface area contributed by atoms with Gasteiger partial charge in [0, 0.05) is 8.95 Å². The van der Waals surface area contributed by atoms with E-state index in [0.29, 0.717) is 0 Å². The van der Waals surface area contributed by atoms with Gasteiger partial charge in [-0.15, -0.1) is 0 Å². The van der Waals surface area contributed by atoms with Crippen LogP contribution >= 0.6 is 47.8 Å². The zero-order chi connectivity index (χ0) is 13.3. The Kier molecular flexibility index (Phi) is 4.68. The van der Waals surface area contributed by atoms with Crippen LogP contribution in [0.2, 0.25) is 0 Å². The third-order valence-corrected chi connectivity index (χ3v) is 5.54. The second kappa shape index (κ2) is 5.89. The molecule has 0 fully saturated rings. The first-order valence-corrected chi connectivity index (χ1v) is 8.16. The van der Waals surface area contributed by atoms with E-state index in [9.17, 15) is 0 Å². The summed E-state index contributed by atoms with van der Waals surface area (Å²) in [6.45, 7) is 4.23. The highest BCUT2D eigenvalue weighted by Gasteiger charge is 2.16. The van der Waals surface area contributed by atoms with Crippen LogP contribution < -0.4 is 0 Å². The van der Waals surface area contributed by atoms with Crippen LogP contribution in [0.15, 0.2) is 45.3 Å². The van der Waals surface area contributed by atoms with Gasteiger partial charge in [-0.25, -0.2) is 0 Å². The van der Waals surface area contributed by atoms with Crippen LogP contribution in [0.4, 0.5) is 0 Å². The topological polar surface area (TPSA) is 0 Å². The van der Waals surface area contributed by atoms with Gasteiger partial charge in [-0.3, -0.25) is 0 Å². The molecule has 94 valence electrons. The fraction of sp³-hybridized carbons (Fsp3) is 0.200. The average Bonchev–Trinajstić information content (AvgIpc) is 2.33. The molecule has 0 aliphatic heterocycles. The minimum atomic E-state index is 0.199. The molecule has 0 nitrogen and oxygen atoms in total. The van der Waals surface area contributed by atoms with E-state index >= 15 is 0 Å². The molecule has 0 N–H and O–H groups in total. The number of aryl methyl sites for hydroxylation is 2. The molecule has 0 amide bonds. The van der Waals surface area contributed by atoms with Gasteiger partial charge in [-0.05, 0) is 48.2 Å². The zero-order valence-corrected chi connectivity index (χ0v) is 14.9. The lowest BCUT2D eigenvalue weighted by molar-refractivity contribution is 1.12. The molecule has 3 heteroatoms. The zero-order valence-electron chi connectivity index (χ0n) is 10.2. The molecule has 2 aromatic rings. The highest BCUT2D eigenvalue weighted by molar-refractivity contribution is 9.11. The Labute approximate surface area is 133 Å². The van der Waals surface area contributed by atoms with Crippen LogP contribution in [0, 0.1) is 13.8 Å². The fourth-order valence-electron chi connectivity index (χ4n) is 1.89. The fourth-order valence-corrected chi connectivity index (χ4v) is 4.14. The van der Waals surface area contributed by atoms with Crippen LogP contribution in [0.5, 0.6) is 0 Å². The van der Waals surface area contributed by atoms with Crippen LogP contribution in [0.3, 0.4) is 0 Å². The summed E-state index contributed by atoms with van der Waals surface area (Å²) in [6, 6.07) is 12.8. The number of hydrogen-bond acceptors (Lipinski definition) is 0. The Morgan fingerprint density at radius 2 is 1.50 bits per heavy atom. The number of benzene rings is 2. The molecular formula is C15H13Br3. The maximum Gasteiger partial charge on any atom is 0.0658 e. The lowest BCUT2D eigenvalue weighted by Gasteiger charge is -2.16. The van der Waals surface area contributed by atoms with Gasteiger partial charge in [0.1, 0.15) is 0 Å². The van der Waals surface area contributed by atoms with E-state index in [1.165, 1.54) is 22.3 Å². The minimum absolute atomic E-state index is 0.199. The summed E-state index contributed by atoms with van der Waals surface area (Å²) in [5.74, 6) is 0. The SMILES string of the molecule is Cc1cc(Br)c(C(Br)c2ccccc2C)cc1Br. The van der Waals surface area contributed by atoms with Crippen molar-refractivity contribution in [2.75, 3.05) is 0 Å². The predicted molar refractivity (Wildman–Crippen MR) is 88.5 cm³/mol. The highest BCUT2D eigenvalue weighted by atomic mass is 79.9. The van der Waals surface area contributed by atoms with Crippen molar-refractivity contribution < 1.29 is 0 Å². The molecule has 0 aromatic heterocycles. The van der Waals surface area contributed by atoms with Gasteiger partial charge in [-0.1, -0.05) is 72.1 Å². The Morgan fingerprint density at radius 1 is 0.833 bits per heavy atom. The molecule has 1 atom stereocenters. The summed E-state index contributed by atoms with van der Waals surface area (Å²) in [4.78, 5) is 0.199. The average molecular weight is 433 g/mol. The van der Waals surface area contributed by atoms with Crippen molar-refractivity contribution in [3.05, 3.63) is 67.6 Å². The van der Waals surface area contributed by atoms with Gasteiger partial charge < -0.3 is 0 Å². The van der Waals surface area contributed by atoms with Gasteiger partial charge in [0.25, 0.3) is 0 Å². The van der Waals surface area contributed by atoms with Gasteiger partial charge in [0.2, 0.25) is 0 Å². The van der Waals surface area contributed by atoms with E-state index in [0.717, 1.165) is 8.95 Å². The van der Waals surface area contributed by atoms with Crippen molar-refractivity contribution in [1.82, 2.24) is 0 Å². The maximum absolute atomic E-state index is 3.80. The first kappa shape index (κ1) is 14.3. The van der Waals surface area contributed by atoms with Crippen molar-refractivity contribution in [2.24, 2.45) is 0 Å². The summed E-state index contributed by atoms with van der Waals surface area (Å²) < 4.78 is 2.27. The number of hydrogen-bond donors (Lipinski definition) is 0. The minimum Gasteiger partial charge on any atom is -0.0786 e. The summed E-state index contributed by atoms with van der Waals surface area (Å²) in [5.41, 5.74) is 5.06. The van der Waals surface area contributed by atoms with Crippen molar-refractivity contribution in [3.8, 4) is 0 Å². The molecule has 0 aliphatic rings. The lowest BCUT2D eigenvalue weighted by atomic mass is 10.00. The Balaban J connectivity index is 2.50. The molecule has 1 unspecified atom stereocenters. The smallest absolute Gasteiger partial charge is 0.0658 e. The van der Waals surface area contributed by atoms with E-state index in [-0.39, 0.29) is 4.83 Å². The van der Waals surface area contributed by atoms with Crippen LogP contribution in [-0.4, -0.2) is 0 Å². The third-order valence-electron chi connectivity index (χ3n) is 3.01. The van der Waals surface area contributed by atoms with Gasteiger partial charge in [0.05, 0.1) is 4.83 Å². The quantitative estimate of drug-likeness (QED) is 0.487. The summed E-state index contributed by atoms with van der Waals surface area (Å²) in [6.07, 6.45) is 0. The molecule has 0 saturated heterocycles. The molecule has 0 radical (unpaired) electrons. The first-order chi connectivity index (χ1) is 8.50. The maximum atomic E-state index is 3.80. The van der Waals surface area contributed by atoms with Crippen molar-refractivity contribution in [2.45, 2.75) is 18.7 Å². The largest absolute Gasteiger partial charge is 0.0786 e. The Hall–Kier alpha value is -0.120. The molecule has 0 spiro atoms. The van der Waals surface area contributed by atoms with Crippen LogP contribution in [0.1, 0.15) is 27.1 Å². The van der Waals surface area contributed by atoms with Crippen molar-refractivity contribution in [3.63, 3.8) is 0 Å². The molecule has 18 heavy (non-hydrogen) atoms. The monoisotopic (exact) mass is 430 g/mol. The number of alkyl halides is 1. The van der Waals surface area contributed by atoms with Crippen molar-refractivity contribution >= 4 is 47.8 Å². The summed E-state index contributed by atoms with van der Waals surface area (Å²) >= 11 is 11.1. The molecule has 2 aromatic carbocycles. The predicted octanol–water partition coefficient (Wildman–Crippen LogP) is 6.31. The molecule has 0 aliphatic carbocycles. The normalized spacial score (nSPS) is 12.5. The first-order valence-electron chi connectivity index (χ1n) is 5.66. The molecule has 0 heterocycles. The van der Waals surface area contributed by atoms with E-state index in [2.05, 4.69) is 98.0 Å². The molecule has 2 rings (SSSR count). The van der Waals surface area contributed by atoms with Gasteiger partial charge in [0.15, 0.2) is 0 Å². The van der Waals surface area contributed by atoms with E-state index in [4.69, 9.17) is 0 Å². The van der Waals surface area contributed by atoms with Crippen LogP contribution in [0.25, 0.3) is 0 Å². The van der Waals surface area contributed by atoms with E-state index < -0.39 is 0 Å². The second-order valence-corrected chi connectivity index (χ2v) is 6.97. The lowest BCUT2D eigenvalue weighted by Crippen LogP contribution is -1.97. The van der Waals surface area contributed by atoms with Gasteiger partial charge in [-0.2, -0.15) is 0 Å². The second-order valence-electron chi connectivity index (χ2n) is 4.34. The highest BCUT2D eigenvalue weighted by Crippen LogP contribution is 2.39. The molecule has 0 saturated carbocycles. The third kappa shape index (κ3) is 2.89. The molecule has 0 bridgehead atoms. The molecular weight excluding hydrogens is 420 g/mol. The van der Waals surface area contributed by atoms with E-state index in [1.807, 2.05) is 0 Å². The van der Waals surface area contributed by atoms with E-state index in [1.54, 1.807) is 0 Å². The number of halogens is 3. The van der Waals surface area contributed by atoms with Crippen molar-refractivity contribution in [1.29, 1.82) is 0 Å². The standard InChI is InChI=1S/C15H13Br3/c1-9-5-3-4-6-11(9)15(18)12-8-13(16)10(2)7-14(12)17/h3-8,15H,1-2H3. The Bertz CT molecular complexity index is 576. The Morgan fingerprint density at radius 3 is 2.17 bits per heavy atom.